The summed E-state index contributed by atoms with van der Waals surface area (Å²) in [6.07, 6.45) is 8.92. The Hall–Kier alpha value is -0.930. The molecule has 0 radical (unpaired) electrons. The summed E-state index contributed by atoms with van der Waals surface area (Å²) >= 11 is 0. The van der Waals surface area contributed by atoms with E-state index in [1.165, 1.54) is 31.2 Å². The van der Waals surface area contributed by atoms with Crippen molar-refractivity contribution in [2.75, 3.05) is 13.6 Å². The Bertz CT molecular complexity index is 404. The van der Waals surface area contributed by atoms with Crippen LogP contribution >= 0.6 is 0 Å². The van der Waals surface area contributed by atoms with Crippen molar-refractivity contribution in [3.05, 3.63) is 30.1 Å². The SMILES string of the molecule is CC(C)C1CCCC(CN)(N(C)Cc2cccnc2)C1. The fourth-order valence-electron chi connectivity index (χ4n) is 3.58. The number of nitrogens with two attached hydrogens (primary N) is 1. The van der Waals surface area contributed by atoms with Crippen LogP contribution in [0.5, 0.6) is 0 Å². The molecular formula is C17H29N3. The van der Waals surface area contributed by atoms with E-state index in [-0.39, 0.29) is 5.54 Å². The molecule has 20 heavy (non-hydrogen) atoms. The van der Waals surface area contributed by atoms with Crippen molar-refractivity contribution >= 4 is 0 Å². The number of rotatable bonds is 5. The van der Waals surface area contributed by atoms with Crippen LogP contribution in [0.1, 0.15) is 45.1 Å². The molecule has 1 aromatic rings. The lowest BCUT2D eigenvalue weighted by Crippen LogP contribution is -2.54. The molecule has 0 spiro atoms. The summed E-state index contributed by atoms with van der Waals surface area (Å²) in [5.41, 5.74) is 7.64. The van der Waals surface area contributed by atoms with E-state index in [4.69, 9.17) is 5.73 Å². The number of likely N-dealkylation sites (N-methyl/N-ethyl adjacent to an activating group) is 1. The lowest BCUT2D eigenvalue weighted by atomic mass is 9.71. The van der Waals surface area contributed by atoms with Crippen LogP contribution in [0.4, 0.5) is 0 Å². The molecule has 0 bridgehead atoms. The van der Waals surface area contributed by atoms with Gasteiger partial charge in [-0.1, -0.05) is 32.8 Å². The highest BCUT2D eigenvalue weighted by molar-refractivity contribution is 5.09. The van der Waals surface area contributed by atoms with Gasteiger partial charge in [-0.25, -0.2) is 0 Å². The Morgan fingerprint density at radius 3 is 2.90 bits per heavy atom. The van der Waals surface area contributed by atoms with E-state index < -0.39 is 0 Å². The Morgan fingerprint density at radius 2 is 2.30 bits per heavy atom. The molecule has 3 nitrogen and oxygen atoms in total. The number of pyridine rings is 1. The smallest absolute Gasteiger partial charge is 0.0334 e. The summed E-state index contributed by atoms with van der Waals surface area (Å²) in [6, 6.07) is 4.16. The molecule has 1 aliphatic rings. The second-order valence-electron chi connectivity index (χ2n) is 6.75. The maximum Gasteiger partial charge on any atom is 0.0334 e. The molecule has 0 aliphatic heterocycles. The van der Waals surface area contributed by atoms with Gasteiger partial charge in [-0.3, -0.25) is 9.88 Å². The molecule has 3 heteroatoms. The molecule has 0 aromatic carbocycles. The van der Waals surface area contributed by atoms with Gasteiger partial charge in [-0.15, -0.1) is 0 Å². The van der Waals surface area contributed by atoms with Gasteiger partial charge in [0.2, 0.25) is 0 Å². The molecule has 1 aliphatic carbocycles. The van der Waals surface area contributed by atoms with Crippen LogP contribution in [0.15, 0.2) is 24.5 Å². The second kappa shape index (κ2) is 6.68. The average Bonchev–Trinajstić information content (AvgIpc) is 2.48. The third kappa shape index (κ3) is 3.39. The van der Waals surface area contributed by atoms with Crippen LogP contribution in [0.3, 0.4) is 0 Å². The molecule has 1 heterocycles. The van der Waals surface area contributed by atoms with Gasteiger partial charge in [0.05, 0.1) is 0 Å². The zero-order chi connectivity index (χ0) is 14.6. The number of nitrogens with zero attached hydrogens (tertiary/aromatic N) is 2. The van der Waals surface area contributed by atoms with Crippen LogP contribution in [0.2, 0.25) is 0 Å². The molecule has 2 rings (SSSR count). The summed E-state index contributed by atoms with van der Waals surface area (Å²) in [5.74, 6) is 1.57. The van der Waals surface area contributed by atoms with Gasteiger partial charge in [0, 0.05) is 31.0 Å². The zero-order valence-corrected chi connectivity index (χ0v) is 13.2. The quantitative estimate of drug-likeness (QED) is 0.898. The molecule has 1 saturated carbocycles. The number of aromatic nitrogens is 1. The van der Waals surface area contributed by atoms with Crippen molar-refractivity contribution in [3.8, 4) is 0 Å². The van der Waals surface area contributed by atoms with Crippen LogP contribution in [-0.4, -0.2) is 29.0 Å². The minimum atomic E-state index is 0.170. The van der Waals surface area contributed by atoms with Gasteiger partial charge < -0.3 is 5.73 Å². The largest absolute Gasteiger partial charge is 0.329 e. The first-order chi connectivity index (χ1) is 9.57. The second-order valence-corrected chi connectivity index (χ2v) is 6.75. The van der Waals surface area contributed by atoms with Crippen LogP contribution < -0.4 is 5.73 Å². The topological polar surface area (TPSA) is 42.1 Å². The van der Waals surface area contributed by atoms with Crippen molar-refractivity contribution < 1.29 is 0 Å². The van der Waals surface area contributed by atoms with E-state index in [0.29, 0.717) is 0 Å². The molecule has 0 saturated heterocycles. The van der Waals surface area contributed by atoms with Crippen LogP contribution in [-0.2, 0) is 6.54 Å². The molecule has 0 amide bonds. The Kier molecular flexibility index (Phi) is 5.17. The van der Waals surface area contributed by atoms with Gasteiger partial charge in [0.15, 0.2) is 0 Å². The average molecular weight is 275 g/mol. The summed E-state index contributed by atoms with van der Waals surface area (Å²) in [5, 5.41) is 0. The number of hydrogen-bond donors (Lipinski definition) is 1. The summed E-state index contributed by atoms with van der Waals surface area (Å²) < 4.78 is 0. The van der Waals surface area contributed by atoms with E-state index in [1.807, 2.05) is 18.5 Å². The maximum atomic E-state index is 6.20. The first-order valence-corrected chi connectivity index (χ1v) is 7.87. The molecule has 1 aromatic heterocycles. The molecule has 112 valence electrons. The highest BCUT2D eigenvalue weighted by Crippen LogP contribution is 2.39. The predicted octanol–water partition coefficient (Wildman–Crippen LogP) is 3.06. The third-order valence-corrected chi connectivity index (χ3v) is 5.13. The zero-order valence-electron chi connectivity index (χ0n) is 13.2. The Balaban J connectivity index is 2.09. The third-order valence-electron chi connectivity index (χ3n) is 5.13. The molecule has 2 unspecified atom stereocenters. The molecule has 1 fully saturated rings. The van der Waals surface area contributed by atoms with Crippen molar-refractivity contribution in [2.45, 2.75) is 51.6 Å². The van der Waals surface area contributed by atoms with Gasteiger partial charge in [0.1, 0.15) is 0 Å². The van der Waals surface area contributed by atoms with Gasteiger partial charge >= 0.3 is 0 Å². The maximum absolute atomic E-state index is 6.20. The van der Waals surface area contributed by atoms with Crippen molar-refractivity contribution in [1.82, 2.24) is 9.88 Å². The predicted molar refractivity (Wildman–Crippen MR) is 84.3 cm³/mol. The highest BCUT2D eigenvalue weighted by atomic mass is 15.2. The van der Waals surface area contributed by atoms with Crippen LogP contribution in [0.25, 0.3) is 0 Å². The Labute approximate surface area is 123 Å². The first kappa shape index (κ1) is 15.5. The minimum Gasteiger partial charge on any atom is -0.329 e. The lowest BCUT2D eigenvalue weighted by Gasteiger charge is -2.47. The van der Waals surface area contributed by atoms with Gasteiger partial charge in [-0.05, 0) is 43.4 Å². The van der Waals surface area contributed by atoms with E-state index in [0.717, 1.165) is 24.9 Å². The fraction of sp³-hybridized carbons (Fsp3) is 0.706. The van der Waals surface area contributed by atoms with E-state index >= 15 is 0 Å². The number of hydrogen-bond acceptors (Lipinski definition) is 3. The molecular weight excluding hydrogens is 246 g/mol. The summed E-state index contributed by atoms with van der Waals surface area (Å²) in [7, 11) is 2.22. The summed E-state index contributed by atoms with van der Waals surface area (Å²) in [6.45, 7) is 6.39. The monoisotopic (exact) mass is 275 g/mol. The molecule has 2 N–H and O–H groups in total. The summed E-state index contributed by atoms with van der Waals surface area (Å²) in [4.78, 5) is 6.69. The Morgan fingerprint density at radius 1 is 1.50 bits per heavy atom. The van der Waals surface area contributed by atoms with Gasteiger partial charge in [-0.2, -0.15) is 0 Å². The van der Waals surface area contributed by atoms with E-state index in [9.17, 15) is 0 Å². The highest BCUT2D eigenvalue weighted by Gasteiger charge is 2.39. The molecule has 2 atom stereocenters. The van der Waals surface area contributed by atoms with E-state index in [1.54, 1.807) is 0 Å². The normalized spacial score (nSPS) is 27.2. The van der Waals surface area contributed by atoms with Crippen LogP contribution in [0, 0.1) is 11.8 Å². The van der Waals surface area contributed by atoms with Gasteiger partial charge in [0.25, 0.3) is 0 Å². The lowest BCUT2D eigenvalue weighted by molar-refractivity contribution is 0.0395. The van der Waals surface area contributed by atoms with Crippen molar-refractivity contribution in [3.63, 3.8) is 0 Å². The fourth-order valence-corrected chi connectivity index (χ4v) is 3.58. The minimum absolute atomic E-state index is 0.170. The van der Waals surface area contributed by atoms with Crippen molar-refractivity contribution in [1.29, 1.82) is 0 Å². The van der Waals surface area contributed by atoms with Crippen molar-refractivity contribution in [2.24, 2.45) is 17.6 Å². The standard InChI is InChI=1S/C17H29N3/c1-14(2)16-7-4-8-17(10-16,13-18)20(3)12-15-6-5-9-19-11-15/h5-6,9,11,14,16H,4,7-8,10,12-13,18H2,1-3H3. The first-order valence-electron chi connectivity index (χ1n) is 7.87. The van der Waals surface area contributed by atoms with E-state index in [2.05, 4.69) is 36.8 Å².